The summed E-state index contributed by atoms with van der Waals surface area (Å²) < 4.78 is 27.1. The Morgan fingerprint density at radius 3 is 2.62 bits per heavy atom. The third kappa shape index (κ3) is 3.90. The van der Waals surface area contributed by atoms with E-state index in [1.165, 1.54) is 10.4 Å². The third-order valence-electron chi connectivity index (χ3n) is 3.78. The van der Waals surface area contributed by atoms with Crippen molar-refractivity contribution in [1.82, 2.24) is 4.31 Å². The molecule has 8 nitrogen and oxygen atoms in total. The van der Waals surface area contributed by atoms with Gasteiger partial charge in [0.1, 0.15) is 6.07 Å². The molecule has 1 aliphatic heterocycles. The number of nitriles is 1. The molecule has 0 aliphatic carbocycles. The number of aryl methyl sites for hydroxylation is 1. The first-order valence-corrected chi connectivity index (χ1v) is 8.99. The Hall–Kier alpha value is -2.44. The fourth-order valence-corrected chi connectivity index (χ4v) is 4.23. The second kappa shape index (κ2) is 7.42. The normalized spacial score (nSPS) is 16.4. The molecule has 128 valence electrons. The highest BCUT2D eigenvalue weighted by atomic mass is 32.2. The number of amidine groups is 1. The summed E-state index contributed by atoms with van der Waals surface area (Å²) in [5.41, 5.74) is 8.58. The second-order valence-electron chi connectivity index (χ2n) is 5.54. The van der Waals surface area contributed by atoms with Crippen LogP contribution in [0.4, 0.5) is 5.69 Å². The molecule has 1 aliphatic rings. The fraction of sp³-hybridized carbons (Fsp3) is 0.400. The Morgan fingerprint density at radius 2 is 2.04 bits per heavy atom. The van der Waals surface area contributed by atoms with Gasteiger partial charge in [-0.3, -0.25) is 10.8 Å². The number of rotatable bonds is 5. The van der Waals surface area contributed by atoms with Crippen molar-refractivity contribution in [3.63, 3.8) is 0 Å². The van der Waals surface area contributed by atoms with Crippen molar-refractivity contribution in [2.45, 2.75) is 31.1 Å². The van der Waals surface area contributed by atoms with Gasteiger partial charge in [0.25, 0.3) is 0 Å². The molecule has 24 heavy (non-hydrogen) atoms. The SMILES string of the molecule is Cc1ccc(N/N=C(\C#N)C(=N)N)cc1S(=O)(=O)N1CCCCC1. The lowest BCUT2D eigenvalue weighted by Gasteiger charge is -2.26. The van der Waals surface area contributed by atoms with E-state index in [1.807, 2.05) is 0 Å². The smallest absolute Gasteiger partial charge is 0.243 e. The summed E-state index contributed by atoms with van der Waals surface area (Å²) >= 11 is 0. The van der Waals surface area contributed by atoms with Crippen molar-refractivity contribution >= 4 is 27.3 Å². The monoisotopic (exact) mass is 348 g/mol. The van der Waals surface area contributed by atoms with Crippen molar-refractivity contribution in [2.24, 2.45) is 10.8 Å². The van der Waals surface area contributed by atoms with Gasteiger partial charge in [0.2, 0.25) is 15.7 Å². The van der Waals surface area contributed by atoms with Crippen molar-refractivity contribution in [3.05, 3.63) is 23.8 Å². The van der Waals surface area contributed by atoms with E-state index < -0.39 is 15.9 Å². The summed E-state index contributed by atoms with van der Waals surface area (Å²) in [5, 5.41) is 19.8. The molecule has 0 bridgehead atoms. The van der Waals surface area contributed by atoms with E-state index in [4.69, 9.17) is 16.4 Å². The molecule has 9 heteroatoms. The van der Waals surface area contributed by atoms with Crippen molar-refractivity contribution in [2.75, 3.05) is 18.5 Å². The van der Waals surface area contributed by atoms with Gasteiger partial charge >= 0.3 is 0 Å². The summed E-state index contributed by atoms with van der Waals surface area (Å²) in [6, 6.07) is 6.51. The van der Waals surface area contributed by atoms with Gasteiger partial charge < -0.3 is 5.73 Å². The van der Waals surface area contributed by atoms with Crippen LogP contribution in [-0.4, -0.2) is 37.4 Å². The number of nitrogens with two attached hydrogens (primary N) is 1. The first-order valence-electron chi connectivity index (χ1n) is 7.55. The van der Waals surface area contributed by atoms with E-state index in [2.05, 4.69) is 10.5 Å². The Labute approximate surface area is 141 Å². The largest absolute Gasteiger partial charge is 0.382 e. The maximum Gasteiger partial charge on any atom is 0.243 e. The van der Waals surface area contributed by atoms with Crippen LogP contribution in [0.5, 0.6) is 0 Å². The van der Waals surface area contributed by atoms with Gasteiger partial charge in [-0.25, -0.2) is 8.42 Å². The highest BCUT2D eigenvalue weighted by Crippen LogP contribution is 2.26. The highest BCUT2D eigenvalue weighted by molar-refractivity contribution is 7.89. The molecule has 0 radical (unpaired) electrons. The lowest BCUT2D eigenvalue weighted by atomic mass is 10.2. The van der Waals surface area contributed by atoms with Gasteiger partial charge in [-0.1, -0.05) is 12.5 Å². The lowest BCUT2D eigenvalue weighted by Crippen LogP contribution is -2.35. The van der Waals surface area contributed by atoms with E-state index in [-0.39, 0.29) is 10.6 Å². The summed E-state index contributed by atoms with van der Waals surface area (Å²) in [4.78, 5) is 0.214. The van der Waals surface area contributed by atoms with Crippen LogP contribution < -0.4 is 11.2 Å². The summed E-state index contributed by atoms with van der Waals surface area (Å²) in [5.74, 6) is -0.460. The number of hydrogen-bond donors (Lipinski definition) is 3. The van der Waals surface area contributed by atoms with Crippen LogP contribution >= 0.6 is 0 Å². The predicted octanol–water partition coefficient (Wildman–Crippen LogP) is 1.40. The number of nitrogens with one attached hydrogen (secondary N) is 2. The molecule has 0 amide bonds. The Kier molecular flexibility index (Phi) is 5.54. The van der Waals surface area contributed by atoms with Crippen LogP contribution in [0.3, 0.4) is 0 Å². The first kappa shape index (κ1) is 17.9. The van der Waals surface area contributed by atoms with Gasteiger partial charge in [0.05, 0.1) is 10.6 Å². The lowest BCUT2D eigenvalue weighted by molar-refractivity contribution is 0.346. The van der Waals surface area contributed by atoms with Crippen LogP contribution in [0, 0.1) is 23.7 Å². The number of hydrazone groups is 1. The van der Waals surface area contributed by atoms with Crippen LogP contribution in [0.25, 0.3) is 0 Å². The van der Waals surface area contributed by atoms with Gasteiger partial charge in [0, 0.05) is 13.1 Å². The quantitative estimate of drug-likeness (QED) is 0.420. The molecule has 0 saturated carbocycles. The van der Waals surface area contributed by atoms with Crippen molar-refractivity contribution in [1.29, 1.82) is 10.7 Å². The van der Waals surface area contributed by atoms with Gasteiger partial charge in [-0.05, 0) is 37.5 Å². The van der Waals surface area contributed by atoms with E-state index >= 15 is 0 Å². The summed E-state index contributed by atoms with van der Waals surface area (Å²) in [7, 11) is -3.56. The van der Waals surface area contributed by atoms with Crippen LogP contribution in [0.1, 0.15) is 24.8 Å². The second-order valence-corrected chi connectivity index (χ2v) is 7.45. The first-order chi connectivity index (χ1) is 11.4. The molecule has 1 fully saturated rings. The highest BCUT2D eigenvalue weighted by Gasteiger charge is 2.27. The standard InChI is InChI=1S/C15H20N6O2S/c1-11-5-6-12(19-20-13(10-16)15(17)18)9-14(11)24(22,23)21-7-3-2-4-8-21/h5-6,9,19H,2-4,7-8H2,1H3,(H3,17,18)/b20-13+. The summed E-state index contributed by atoms with van der Waals surface area (Å²) in [6.07, 6.45) is 2.78. The average molecular weight is 348 g/mol. The molecule has 0 aromatic heterocycles. The van der Waals surface area contributed by atoms with Gasteiger partial charge in [0.15, 0.2) is 5.84 Å². The molecule has 1 heterocycles. The molecule has 0 unspecified atom stereocenters. The maximum absolute atomic E-state index is 12.8. The predicted molar refractivity (Wildman–Crippen MR) is 92.4 cm³/mol. The molecule has 1 aromatic carbocycles. The average Bonchev–Trinajstić information content (AvgIpc) is 2.57. The molecule has 0 spiro atoms. The number of sulfonamides is 1. The minimum absolute atomic E-state index is 0.214. The zero-order chi connectivity index (χ0) is 17.7. The Bertz CT molecular complexity index is 804. The number of nitrogens with zero attached hydrogens (tertiary/aromatic N) is 3. The van der Waals surface area contributed by atoms with Crippen LogP contribution in [-0.2, 0) is 10.0 Å². The van der Waals surface area contributed by atoms with Crippen LogP contribution in [0.15, 0.2) is 28.2 Å². The van der Waals surface area contributed by atoms with Crippen LogP contribution in [0.2, 0.25) is 0 Å². The van der Waals surface area contributed by atoms with E-state index in [0.717, 1.165) is 19.3 Å². The zero-order valence-electron chi connectivity index (χ0n) is 13.4. The molecular formula is C15H20N6O2S. The molecular weight excluding hydrogens is 328 g/mol. The van der Waals surface area contributed by atoms with E-state index in [9.17, 15) is 8.42 Å². The maximum atomic E-state index is 12.8. The third-order valence-corrected chi connectivity index (χ3v) is 5.82. The molecule has 0 atom stereocenters. The van der Waals surface area contributed by atoms with Crippen molar-refractivity contribution < 1.29 is 8.42 Å². The number of hydrogen-bond acceptors (Lipinski definition) is 6. The van der Waals surface area contributed by atoms with Gasteiger partial charge in [-0.2, -0.15) is 14.7 Å². The zero-order valence-corrected chi connectivity index (χ0v) is 14.2. The van der Waals surface area contributed by atoms with E-state index in [1.54, 1.807) is 25.1 Å². The van der Waals surface area contributed by atoms with E-state index in [0.29, 0.717) is 24.3 Å². The number of piperidine rings is 1. The molecule has 4 N–H and O–H groups in total. The number of benzene rings is 1. The fourth-order valence-electron chi connectivity index (χ4n) is 2.46. The van der Waals surface area contributed by atoms with Crippen molar-refractivity contribution in [3.8, 4) is 6.07 Å². The molecule has 1 aromatic rings. The topological polar surface area (TPSA) is 135 Å². The molecule has 1 saturated heterocycles. The Morgan fingerprint density at radius 1 is 1.38 bits per heavy atom. The minimum Gasteiger partial charge on any atom is -0.382 e. The Balaban J connectivity index is 2.32. The summed E-state index contributed by atoms with van der Waals surface area (Å²) in [6.45, 7) is 2.79. The van der Waals surface area contributed by atoms with Gasteiger partial charge in [-0.15, -0.1) is 0 Å². The minimum atomic E-state index is -3.56. The number of anilines is 1. The molecule has 2 rings (SSSR count).